The molecule has 1 heterocycles. The lowest BCUT2D eigenvalue weighted by Crippen LogP contribution is -2.54. The van der Waals surface area contributed by atoms with Crippen LogP contribution in [0.2, 0.25) is 0 Å². The van der Waals surface area contributed by atoms with Gasteiger partial charge in [-0.05, 0) is 62.4 Å². The Labute approximate surface area is 173 Å². The number of rotatable bonds is 4. The maximum atomic E-state index is 13.4. The van der Waals surface area contributed by atoms with Gasteiger partial charge in [-0.25, -0.2) is 4.79 Å². The molecule has 0 radical (unpaired) electrons. The van der Waals surface area contributed by atoms with Crippen LogP contribution in [0.4, 0.5) is 5.69 Å². The molecular weight excluding hydrogens is 418 g/mol. The second-order valence-electron chi connectivity index (χ2n) is 7.41. The molecule has 4 nitrogen and oxygen atoms in total. The molecule has 2 aromatic rings. The first-order valence-electron chi connectivity index (χ1n) is 9.55. The van der Waals surface area contributed by atoms with Gasteiger partial charge in [0.25, 0.3) is 0 Å². The van der Waals surface area contributed by atoms with Gasteiger partial charge in [-0.1, -0.05) is 46.3 Å². The molecule has 1 aliphatic carbocycles. The van der Waals surface area contributed by atoms with Crippen molar-refractivity contribution in [2.75, 3.05) is 4.90 Å². The average Bonchev–Trinajstić information content (AvgIpc) is 2.96. The Morgan fingerprint density at radius 3 is 2.46 bits per heavy atom. The number of anilines is 1. The quantitative estimate of drug-likeness (QED) is 0.486. The Morgan fingerprint density at radius 2 is 1.75 bits per heavy atom. The standard InChI is InChI=1S/C23H22BrNO3/c1-23(22(27)28-15-16-7-3-2-4-8-16)21(26)19-9-5-6-10-20(19)25(23)18-13-11-17(24)12-14-18/h2-4,7-8,11-14H,5-6,9-10,15H2,1H3. The van der Waals surface area contributed by atoms with Crippen molar-refractivity contribution in [2.45, 2.75) is 44.8 Å². The van der Waals surface area contributed by atoms with Crippen LogP contribution < -0.4 is 4.90 Å². The van der Waals surface area contributed by atoms with E-state index in [9.17, 15) is 9.59 Å². The number of ketones is 1. The highest BCUT2D eigenvalue weighted by Gasteiger charge is 2.56. The predicted molar refractivity (Wildman–Crippen MR) is 112 cm³/mol. The second kappa shape index (κ2) is 7.55. The van der Waals surface area contributed by atoms with Crippen molar-refractivity contribution in [1.82, 2.24) is 0 Å². The molecule has 0 spiro atoms. The van der Waals surface area contributed by atoms with Crippen LogP contribution in [0.25, 0.3) is 0 Å². The third-order valence-electron chi connectivity index (χ3n) is 5.57. The van der Waals surface area contributed by atoms with Gasteiger partial charge in [0.15, 0.2) is 5.78 Å². The summed E-state index contributed by atoms with van der Waals surface area (Å²) in [5.41, 5.74) is 2.13. The summed E-state index contributed by atoms with van der Waals surface area (Å²) < 4.78 is 6.58. The largest absolute Gasteiger partial charge is 0.459 e. The molecule has 0 saturated heterocycles. The maximum absolute atomic E-state index is 13.4. The number of halogens is 1. The number of benzene rings is 2. The Morgan fingerprint density at radius 1 is 1.07 bits per heavy atom. The fraction of sp³-hybridized carbons (Fsp3) is 0.304. The lowest BCUT2D eigenvalue weighted by Gasteiger charge is -2.35. The molecule has 28 heavy (non-hydrogen) atoms. The molecule has 1 atom stereocenters. The number of Topliss-reactive ketones (excluding diaryl/α,β-unsaturated/α-hetero) is 1. The van der Waals surface area contributed by atoms with Crippen molar-refractivity contribution in [3.8, 4) is 0 Å². The van der Waals surface area contributed by atoms with Crippen LogP contribution in [0.1, 0.15) is 38.2 Å². The summed E-state index contributed by atoms with van der Waals surface area (Å²) in [6.45, 7) is 1.85. The van der Waals surface area contributed by atoms with Gasteiger partial charge in [0, 0.05) is 21.4 Å². The van der Waals surface area contributed by atoms with E-state index in [2.05, 4.69) is 15.9 Å². The van der Waals surface area contributed by atoms with Gasteiger partial charge in [-0.3, -0.25) is 4.79 Å². The highest BCUT2D eigenvalue weighted by molar-refractivity contribution is 9.10. The molecule has 2 aromatic carbocycles. The van der Waals surface area contributed by atoms with Crippen molar-refractivity contribution in [2.24, 2.45) is 0 Å². The Hall–Kier alpha value is -2.40. The first-order chi connectivity index (χ1) is 13.5. The van der Waals surface area contributed by atoms with Crippen molar-refractivity contribution < 1.29 is 14.3 Å². The minimum atomic E-state index is -1.36. The van der Waals surface area contributed by atoms with E-state index in [1.165, 1.54) is 0 Å². The highest BCUT2D eigenvalue weighted by atomic mass is 79.9. The zero-order valence-electron chi connectivity index (χ0n) is 15.8. The summed E-state index contributed by atoms with van der Waals surface area (Å²) in [7, 11) is 0. The van der Waals surface area contributed by atoms with Gasteiger partial charge >= 0.3 is 5.97 Å². The van der Waals surface area contributed by atoms with Crippen LogP contribution in [0.3, 0.4) is 0 Å². The van der Waals surface area contributed by atoms with Crippen LogP contribution in [-0.2, 0) is 20.9 Å². The van der Waals surface area contributed by atoms with E-state index in [0.717, 1.165) is 52.7 Å². The maximum Gasteiger partial charge on any atom is 0.340 e. The minimum Gasteiger partial charge on any atom is -0.459 e. The van der Waals surface area contributed by atoms with Gasteiger partial charge in [0.05, 0.1) is 0 Å². The fourth-order valence-electron chi connectivity index (χ4n) is 4.10. The molecule has 144 valence electrons. The third kappa shape index (κ3) is 3.18. The van der Waals surface area contributed by atoms with Crippen molar-refractivity contribution in [1.29, 1.82) is 0 Å². The van der Waals surface area contributed by atoms with Crippen molar-refractivity contribution >= 4 is 33.4 Å². The molecule has 0 amide bonds. The number of esters is 1. The fourth-order valence-corrected chi connectivity index (χ4v) is 4.36. The molecular formula is C23H22BrNO3. The van der Waals surface area contributed by atoms with Crippen LogP contribution in [0.5, 0.6) is 0 Å². The first-order valence-corrected chi connectivity index (χ1v) is 10.3. The third-order valence-corrected chi connectivity index (χ3v) is 6.10. The van der Waals surface area contributed by atoms with E-state index in [0.29, 0.717) is 0 Å². The molecule has 0 bridgehead atoms. The molecule has 0 saturated carbocycles. The zero-order valence-corrected chi connectivity index (χ0v) is 17.4. The van der Waals surface area contributed by atoms with Crippen LogP contribution in [0.15, 0.2) is 70.3 Å². The van der Waals surface area contributed by atoms with E-state index in [-0.39, 0.29) is 12.4 Å². The van der Waals surface area contributed by atoms with Crippen molar-refractivity contribution in [3.63, 3.8) is 0 Å². The van der Waals surface area contributed by atoms with Gasteiger partial charge < -0.3 is 9.64 Å². The summed E-state index contributed by atoms with van der Waals surface area (Å²) in [6, 6.07) is 17.3. The number of carbonyl (C=O) groups is 2. The topological polar surface area (TPSA) is 46.6 Å². The Kier molecular flexibility index (Phi) is 5.11. The number of nitrogens with zero attached hydrogens (tertiary/aromatic N) is 1. The Bertz CT molecular complexity index is 936. The molecule has 5 heteroatoms. The second-order valence-corrected chi connectivity index (χ2v) is 8.32. The van der Waals surface area contributed by atoms with Crippen LogP contribution in [-0.4, -0.2) is 17.3 Å². The number of carbonyl (C=O) groups excluding carboxylic acids is 2. The number of allylic oxidation sites excluding steroid dienone is 1. The highest BCUT2D eigenvalue weighted by Crippen LogP contribution is 2.45. The summed E-state index contributed by atoms with van der Waals surface area (Å²) >= 11 is 3.45. The van der Waals surface area contributed by atoms with E-state index in [1.807, 2.05) is 59.5 Å². The SMILES string of the molecule is CC1(C(=O)OCc2ccccc2)C(=O)C2=C(CCCC2)N1c1ccc(Br)cc1. The predicted octanol–water partition coefficient (Wildman–Crippen LogP) is 5.17. The van der Waals surface area contributed by atoms with E-state index in [1.54, 1.807) is 6.92 Å². The summed E-state index contributed by atoms with van der Waals surface area (Å²) in [4.78, 5) is 28.5. The lowest BCUT2D eigenvalue weighted by atomic mass is 9.90. The Balaban J connectivity index is 1.69. The smallest absolute Gasteiger partial charge is 0.340 e. The normalized spacial score (nSPS) is 21.6. The molecule has 2 aliphatic rings. The van der Waals surface area contributed by atoms with Crippen LogP contribution >= 0.6 is 15.9 Å². The van der Waals surface area contributed by atoms with Crippen molar-refractivity contribution in [3.05, 3.63) is 75.9 Å². The van der Waals surface area contributed by atoms with E-state index >= 15 is 0 Å². The number of ether oxygens (including phenoxy) is 1. The first kappa shape index (κ1) is 18.9. The number of hydrogen-bond acceptors (Lipinski definition) is 4. The molecule has 0 N–H and O–H groups in total. The number of hydrogen-bond donors (Lipinski definition) is 0. The summed E-state index contributed by atoms with van der Waals surface area (Å²) in [5.74, 6) is -0.623. The minimum absolute atomic E-state index is 0.122. The molecule has 0 fully saturated rings. The van der Waals surface area contributed by atoms with E-state index in [4.69, 9.17) is 4.74 Å². The van der Waals surface area contributed by atoms with Gasteiger partial charge in [0.1, 0.15) is 6.61 Å². The molecule has 1 unspecified atom stereocenters. The summed E-state index contributed by atoms with van der Waals surface area (Å²) in [6.07, 6.45) is 3.53. The molecule has 4 rings (SSSR count). The monoisotopic (exact) mass is 439 g/mol. The van der Waals surface area contributed by atoms with E-state index < -0.39 is 11.5 Å². The molecule has 0 aromatic heterocycles. The van der Waals surface area contributed by atoms with Gasteiger partial charge in [0.2, 0.25) is 5.54 Å². The molecule has 1 aliphatic heterocycles. The van der Waals surface area contributed by atoms with Gasteiger partial charge in [-0.15, -0.1) is 0 Å². The summed E-state index contributed by atoms with van der Waals surface area (Å²) in [5, 5.41) is 0. The lowest BCUT2D eigenvalue weighted by molar-refractivity contribution is -0.153. The van der Waals surface area contributed by atoms with Gasteiger partial charge in [-0.2, -0.15) is 0 Å². The van der Waals surface area contributed by atoms with Crippen LogP contribution in [0, 0.1) is 0 Å². The average molecular weight is 440 g/mol. The zero-order chi connectivity index (χ0) is 19.7.